The van der Waals surface area contributed by atoms with Crippen molar-refractivity contribution in [1.29, 1.82) is 0 Å². The van der Waals surface area contributed by atoms with E-state index in [9.17, 15) is 4.79 Å². The van der Waals surface area contributed by atoms with Gasteiger partial charge in [0.05, 0.1) is 12.3 Å². The number of aryl methyl sites for hydroxylation is 2. The first kappa shape index (κ1) is 17.9. The Balaban J connectivity index is 1.92. The Kier molecular flexibility index (Phi) is 6.67. The highest BCUT2D eigenvalue weighted by Crippen LogP contribution is 2.24. The first-order valence-electron chi connectivity index (χ1n) is 8.31. The standard InChI is InChI=1S/C20H25NO3/c1-4-5-10-23-19-9-7-6-8-18(19)21-20(22)14-24-17-12-15(2)11-16(3)13-17/h6-9,11-13H,4-5,10,14H2,1-3H3,(H,21,22). The van der Waals surface area contributed by atoms with E-state index < -0.39 is 0 Å². The topological polar surface area (TPSA) is 47.6 Å². The number of carbonyl (C=O) groups excluding carboxylic acids is 1. The average molecular weight is 327 g/mol. The smallest absolute Gasteiger partial charge is 0.262 e. The van der Waals surface area contributed by atoms with Crippen molar-refractivity contribution in [1.82, 2.24) is 0 Å². The van der Waals surface area contributed by atoms with Crippen LogP contribution in [0.3, 0.4) is 0 Å². The van der Waals surface area contributed by atoms with Crippen LogP contribution in [0.2, 0.25) is 0 Å². The van der Waals surface area contributed by atoms with Crippen molar-refractivity contribution in [2.45, 2.75) is 33.6 Å². The molecule has 0 heterocycles. The summed E-state index contributed by atoms with van der Waals surface area (Å²) >= 11 is 0. The van der Waals surface area contributed by atoms with Gasteiger partial charge >= 0.3 is 0 Å². The molecular weight excluding hydrogens is 302 g/mol. The minimum Gasteiger partial charge on any atom is -0.491 e. The van der Waals surface area contributed by atoms with Gasteiger partial charge < -0.3 is 14.8 Å². The predicted octanol–water partition coefficient (Wildman–Crippen LogP) is 4.50. The van der Waals surface area contributed by atoms with Crippen LogP contribution in [-0.2, 0) is 4.79 Å². The van der Waals surface area contributed by atoms with Gasteiger partial charge in [-0.2, -0.15) is 0 Å². The highest BCUT2D eigenvalue weighted by molar-refractivity contribution is 5.93. The highest BCUT2D eigenvalue weighted by atomic mass is 16.5. The Morgan fingerprint density at radius 2 is 1.75 bits per heavy atom. The maximum atomic E-state index is 12.1. The molecular formula is C20H25NO3. The van der Waals surface area contributed by atoms with E-state index >= 15 is 0 Å². The zero-order chi connectivity index (χ0) is 17.4. The second-order valence-electron chi connectivity index (χ2n) is 5.86. The molecule has 1 N–H and O–H groups in total. The normalized spacial score (nSPS) is 10.3. The summed E-state index contributed by atoms with van der Waals surface area (Å²) in [5, 5.41) is 2.85. The molecule has 0 saturated heterocycles. The van der Waals surface area contributed by atoms with Gasteiger partial charge in [0.1, 0.15) is 11.5 Å². The van der Waals surface area contributed by atoms with E-state index in [1.165, 1.54) is 0 Å². The van der Waals surface area contributed by atoms with Crippen molar-refractivity contribution in [3.8, 4) is 11.5 Å². The van der Waals surface area contributed by atoms with Crippen LogP contribution >= 0.6 is 0 Å². The Morgan fingerprint density at radius 1 is 1.04 bits per heavy atom. The van der Waals surface area contributed by atoms with Crippen molar-refractivity contribution in [2.24, 2.45) is 0 Å². The molecule has 0 aliphatic carbocycles. The summed E-state index contributed by atoms with van der Waals surface area (Å²) in [6.45, 7) is 6.73. The van der Waals surface area contributed by atoms with Gasteiger partial charge in [0.25, 0.3) is 5.91 Å². The maximum absolute atomic E-state index is 12.1. The number of unbranched alkanes of at least 4 members (excludes halogenated alkanes) is 1. The third kappa shape index (κ3) is 5.61. The largest absolute Gasteiger partial charge is 0.491 e. The van der Waals surface area contributed by atoms with Gasteiger partial charge in [-0.05, 0) is 55.7 Å². The molecule has 24 heavy (non-hydrogen) atoms. The molecule has 1 amide bonds. The number of para-hydroxylation sites is 2. The Hall–Kier alpha value is -2.49. The van der Waals surface area contributed by atoms with E-state index in [1.807, 2.05) is 50.2 Å². The lowest BCUT2D eigenvalue weighted by molar-refractivity contribution is -0.118. The van der Waals surface area contributed by atoms with E-state index in [0.29, 0.717) is 23.8 Å². The lowest BCUT2D eigenvalue weighted by Gasteiger charge is -2.13. The first-order chi connectivity index (χ1) is 11.6. The van der Waals surface area contributed by atoms with Crippen molar-refractivity contribution in [3.63, 3.8) is 0 Å². The number of hydrogen-bond acceptors (Lipinski definition) is 3. The number of rotatable bonds is 8. The van der Waals surface area contributed by atoms with Gasteiger partial charge in [0.15, 0.2) is 6.61 Å². The molecule has 2 aromatic rings. The van der Waals surface area contributed by atoms with Gasteiger partial charge in [-0.3, -0.25) is 4.79 Å². The number of benzene rings is 2. The second kappa shape index (κ2) is 8.96. The molecule has 2 rings (SSSR count). The summed E-state index contributed by atoms with van der Waals surface area (Å²) in [5.74, 6) is 1.18. The Bertz CT molecular complexity index is 662. The monoisotopic (exact) mass is 327 g/mol. The molecule has 0 aromatic heterocycles. The van der Waals surface area contributed by atoms with Gasteiger partial charge in [-0.1, -0.05) is 31.5 Å². The molecule has 0 bridgehead atoms. The number of ether oxygens (including phenoxy) is 2. The Morgan fingerprint density at radius 3 is 2.46 bits per heavy atom. The molecule has 0 fully saturated rings. The number of nitrogens with one attached hydrogen (secondary N) is 1. The van der Waals surface area contributed by atoms with E-state index in [-0.39, 0.29) is 12.5 Å². The quantitative estimate of drug-likeness (QED) is 0.726. The minimum absolute atomic E-state index is 0.0355. The molecule has 4 heteroatoms. The SMILES string of the molecule is CCCCOc1ccccc1NC(=O)COc1cc(C)cc(C)c1. The Labute approximate surface area is 143 Å². The third-order valence-electron chi connectivity index (χ3n) is 3.48. The fourth-order valence-corrected chi connectivity index (χ4v) is 2.37. The lowest BCUT2D eigenvalue weighted by atomic mass is 10.1. The zero-order valence-corrected chi connectivity index (χ0v) is 14.6. The summed E-state index contributed by atoms with van der Waals surface area (Å²) in [7, 11) is 0. The second-order valence-corrected chi connectivity index (χ2v) is 5.86. The lowest BCUT2D eigenvalue weighted by Crippen LogP contribution is -2.20. The van der Waals surface area contributed by atoms with Crippen molar-refractivity contribution >= 4 is 11.6 Å². The molecule has 0 radical (unpaired) electrons. The van der Waals surface area contributed by atoms with Gasteiger partial charge in [-0.15, -0.1) is 0 Å². The van der Waals surface area contributed by atoms with Crippen LogP contribution in [0, 0.1) is 13.8 Å². The van der Waals surface area contributed by atoms with Crippen LogP contribution in [0.5, 0.6) is 11.5 Å². The van der Waals surface area contributed by atoms with Crippen LogP contribution < -0.4 is 14.8 Å². The van der Waals surface area contributed by atoms with Crippen LogP contribution in [0.1, 0.15) is 30.9 Å². The van der Waals surface area contributed by atoms with E-state index in [4.69, 9.17) is 9.47 Å². The summed E-state index contributed by atoms with van der Waals surface area (Å²) in [6.07, 6.45) is 2.05. The molecule has 128 valence electrons. The van der Waals surface area contributed by atoms with E-state index in [0.717, 1.165) is 24.0 Å². The molecule has 0 unspecified atom stereocenters. The molecule has 0 aliphatic heterocycles. The van der Waals surface area contributed by atoms with E-state index in [1.54, 1.807) is 0 Å². The highest BCUT2D eigenvalue weighted by Gasteiger charge is 2.08. The van der Waals surface area contributed by atoms with Gasteiger partial charge in [0, 0.05) is 0 Å². The summed E-state index contributed by atoms with van der Waals surface area (Å²) in [6, 6.07) is 13.4. The van der Waals surface area contributed by atoms with Crippen molar-refractivity contribution in [3.05, 3.63) is 53.6 Å². The van der Waals surface area contributed by atoms with Crippen LogP contribution in [-0.4, -0.2) is 19.1 Å². The maximum Gasteiger partial charge on any atom is 0.262 e. The van der Waals surface area contributed by atoms with Gasteiger partial charge in [-0.25, -0.2) is 0 Å². The first-order valence-corrected chi connectivity index (χ1v) is 8.31. The summed E-state index contributed by atoms with van der Waals surface area (Å²) in [4.78, 5) is 12.1. The molecule has 2 aromatic carbocycles. The number of carbonyl (C=O) groups is 1. The van der Waals surface area contributed by atoms with Crippen molar-refractivity contribution < 1.29 is 14.3 Å². The molecule has 0 aliphatic rings. The van der Waals surface area contributed by atoms with Crippen molar-refractivity contribution in [2.75, 3.05) is 18.5 Å². The molecule has 4 nitrogen and oxygen atoms in total. The third-order valence-corrected chi connectivity index (χ3v) is 3.48. The number of anilines is 1. The number of amides is 1. The van der Waals surface area contributed by atoms with E-state index in [2.05, 4.69) is 18.3 Å². The molecule has 0 saturated carbocycles. The van der Waals surface area contributed by atoms with Gasteiger partial charge in [0.2, 0.25) is 0 Å². The number of hydrogen-bond donors (Lipinski definition) is 1. The van der Waals surface area contributed by atoms with Crippen LogP contribution in [0.15, 0.2) is 42.5 Å². The molecule has 0 atom stereocenters. The fraction of sp³-hybridized carbons (Fsp3) is 0.350. The zero-order valence-electron chi connectivity index (χ0n) is 14.6. The average Bonchev–Trinajstić information content (AvgIpc) is 2.54. The van der Waals surface area contributed by atoms with Crippen LogP contribution in [0.4, 0.5) is 5.69 Å². The summed E-state index contributed by atoms with van der Waals surface area (Å²) < 4.78 is 11.3. The summed E-state index contributed by atoms with van der Waals surface area (Å²) in [5.41, 5.74) is 2.89. The van der Waals surface area contributed by atoms with Crippen LogP contribution in [0.25, 0.3) is 0 Å². The minimum atomic E-state index is -0.208. The molecule has 0 spiro atoms. The predicted molar refractivity (Wildman–Crippen MR) is 96.9 cm³/mol. The fourth-order valence-electron chi connectivity index (χ4n) is 2.37.